The average Bonchev–Trinajstić information content (AvgIpc) is 1.84. The van der Waals surface area contributed by atoms with Gasteiger partial charge >= 0.3 is 5.97 Å². The molecule has 0 bridgehead atoms. The van der Waals surface area contributed by atoms with Crippen molar-refractivity contribution in [3.05, 3.63) is 0 Å². The third-order valence-corrected chi connectivity index (χ3v) is 1.65. The molecule has 14 heavy (non-hydrogen) atoms. The number of halogens is 2. The molecule has 0 saturated heterocycles. The Balaban J connectivity index is -0.000000605. The first-order valence-electron chi connectivity index (χ1n) is 4.10. The summed E-state index contributed by atoms with van der Waals surface area (Å²) in [5.74, 6) is -0.940. The first-order valence-corrected chi connectivity index (χ1v) is 4.10. The maximum absolute atomic E-state index is 10.3. The molecular weight excluding hydrogens is 227 g/mol. The van der Waals surface area contributed by atoms with E-state index in [2.05, 4.69) is 0 Å². The molecule has 1 atom stereocenters. The van der Waals surface area contributed by atoms with E-state index >= 15 is 0 Å². The molecular formula is C8H20Cl2N2O2. The van der Waals surface area contributed by atoms with Crippen LogP contribution in [0.3, 0.4) is 0 Å². The van der Waals surface area contributed by atoms with Gasteiger partial charge < -0.3 is 16.6 Å². The summed E-state index contributed by atoms with van der Waals surface area (Å²) >= 11 is 0. The highest BCUT2D eigenvalue weighted by Crippen LogP contribution is 2.09. The SMILES string of the molecule is CC(C)(N)CCCC(N)C(=O)O.Cl.Cl. The van der Waals surface area contributed by atoms with Crippen LogP contribution in [0.5, 0.6) is 0 Å². The van der Waals surface area contributed by atoms with Crippen molar-refractivity contribution in [3.63, 3.8) is 0 Å². The van der Waals surface area contributed by atoms with Crippen molar-refractivity contribution in [2.24, 2.45) is 11.5 Å². The molecule has 1 unspecified atom stereocenters. The number of hydrogen-bond donors (Lipinski definition) is 3. The molecule has 0 heterocycles. The molecule has 0 saturated carbocycles. The Morgan fingerprint density at radius 2 is 1.86 bits per heavy atom. The topological polar surface area (TPSA) is 89.3 Å². The first-order chi connectivity index (χ1) is 5.33. The van der Waals surface area contributed by atoms with Gasteiger partial charge in [0, 0.05) is 5.54 Å². The Morgan fingerprint density at radius 3 is 2.14 bits per heavy atom. The summed E-state index contributed by atoms with van der Waals surface area (Å²) in [5.41, 5.74) is 10.8. The highest BCUT2D eigenvalue weighted by molar-refractivity contribution is 5.85. The van der Waals surface area contributed by atoms with E-state index < -0.39 is 12.0 Å². The number of nitrogens with two attached hydrogens (primary N) is 2. The third kappa shape index (κ3) is 12.0. The maximum Gasteiger partial charge on any atom is 0.320 e. The van der Waals surface area contributed by atoms with E-state index in [-0.39, 0.29) is 30.4 Å². The summed E-state index contributed by atoms with van der Waals surface area (Å²) < 4.78 is 0. The molecule has 0 rings (SSSR count). The van der Waals surface area contributed by atoms with E-state index in [1.807, 2.05) is 13.8 Å². The van der Waals surface area contributed by atoms with Crippen LogP contribution in [-0.4, -0.2) is 22.7 Å². The van der Waals surface area contributed by atoms with Gasteiger partial charge in [-0.2, -0.15) is 0 Å². The van der Waals surface area contributed by atoms with Crippen LogP contribution in [-0.2, 0) is 4.79 Å². The van der Waals surface area contributed by atoms with Crippen LogP contribution in [0.15, 0.2) is 0 Å². The zero-order valence-electron chi connectivity index (χ0n) is 8.53. The van der Waals surface area contributed by atoms with E-state index in [1.165, 1.54) is 0 Å². The molecule has 0 aromatic carbocycles. The zero-order valence-corrected chi connectivity index (χ0v) is 10.2. The molecule has 88 valence electrons. The van der Waals surface area contributed by atoms with Crippen LogP contribution in [0.4, 0.5) is 0 Å². The number of carboxylic acid groups (broad SMARTS) is 1. The van der Waals surface area contributed by atoms with Crippen molar-refractivity contribution in [2.45, 2.75) is 44.7 Å². The first kappa shape index (κ1) is 19.5. The summed E-state index contributed by atoms with van der Waals surface area (Å²) in [6, 6.07) is -0.743. The van der Waals surface area contributed by atoms with Crippen molar-refractivity contribution in [1.29, 1.82) is 0 Å². The fraction of sp³-hybridized carbons (Fsp3) is 0.875. The van der Waals surface area contributed by atoms with Crippen LogP contribution < -0.4 is 11.5 Å². The smallest absolute Gasteiger partial charge is 0.320 e. The molecule has 5 N–H and O–H groups in total. The lowest BCUT2D eigenvalue weighted by Gasteiger charge is -2.18. The van der Waals surface area contributed by atoms with Crippen LogP contribution in [0, 0.1) is 0 Å². The Morgan fingerprint density at radius 1 is 1.43 bits per heavy atom. The number of carbonyl (C=O) groups is 1. The van der Waals surface area contributed by atoms with Crippen molar-refractivity contribution < 1.29 is 9.90 Å². The van der Waals surface area contributed by atoms with E-state index in [9.17, 15) is 4.79 Å². The minimum atomic E-state index is -0.940. The number of aliphatic carboxylic acids is 1. The van der Waals surface area contributed by atoms with E-state index in [4.69, 9.17) is 16.6 Å². The van der Waals surface area contributed by atoms with Gasteiger partial charge in [-0.1, -0.05) is 0 Å². The number of rotatable bonds is 5. The third-order valence-electron chi connectivity index (χ3n) is 1.65. The van der Waals surface area contributed by atoms with Crippen molar-refractivity contribution in [2.75, 3.05) is 0 Å². The second-order valence-electron chi connectivity index (χ2n) is 3.83. The van der Waals surface area contributed by atoms with Gasteiger partial charge in [-0.25, -0.2) is 0 Å². The minimum Gasteiger partial charge on any atom is -0.480 e. The van der Waals surface area contributed by atoms with Gasteiger partial charge in [0.25, 0.3) is 0 Å². The second-order valence-corrected chi connectivity index (χ2v) is 3.83. The molecule has 0 radical (unpaired) electrons. The highest BCUT2D eigenvalue weighted by Gasteiger charge is 2.14. The predicted octanol–water partition coefficient (Wildman–Crippen LogP) is 1.15. The van der Waals surface area contributed by atoms with Crippen molar-refractivity contribution in [1.82, 2.24) is 0 Å². The molecule has 0 aliphatic heterocycles. The standard InChI is InChI=1S/C8H18N2O2.2ClH/c1-8(2,10)5-3-4-6(9)7(11)12;;/h6H,3-5,9-10H2,1-2H3,(H,11,12);2*1H. The quantitative estimate of drug-likeness (QED) is 0.679. The normalized spacial score (nSPS) is 12.3. The fourth-order valence-electron chi connectivity index (χ4n) is 0.901. The summed E-state index contributed by atoms with van der Waals surface area (Å²) in [6.45, 7) is 3.83. The predicted molar refractivity (Wildman–Crippen MR) is 62.2 cm³/mol. The van der Waals surface area contributed by atoms with Crippen LogP contribution in [0.2, 0.25) is 0 Å². The molecule has 6 heteroatoms. The lowest BCUT2D eigenvalue weighted by atomic mass is 9.97. The summed E-state index contributed by atoms with van der Waals surface area (Å²) in [7, 11) is 0. The largest absolute Gasteiger partial charge is 0.480 e. The van der Waals surface area contributed by atoms with Crippen molar-refractivity contribution in [3.8, 4) is 0 Å². The Hall–Kier alpha value is -0.0300. The van der Waals surface area contributed by atoms with Gasteiger partial charge in [-0.15, -0.1) is 24.8 Å². The van der Waals surface area contributed by atoms with Gasteiger partial charge in [-0.3, -0.25) is 4.79 Å². The van der Waals surface area contributed by atoms with E-state index in [1.54, 1.807) is 0 Å². The Bertz CT molecular complexity index is 160. The second kappa shape index (κ2) is 8.29. The van der Waals surface area contributed by atoms with Gasteiger partial charge in [-0.05, 0) is 33.1 Å². The molecule has 4 nitrogen and oxygen atoms in total. The fourth-order valence-corrected chi connectivity index (χ4v) is 0.901. The van der Waals surface area contributed by atoms with Crippen molar-refractivity contribution >= 4 is 30.8 Å². The highest BCUT2D eigenvalue weighted by atomic mass is 35.5. The number of hydrogen-bond acceptors (Lipinski definition) is 3. The van der Waals surface area contributed by atoms with Crippen LogP contribution in [0.25, 0.3) is 0 Å². The molecule has 0 amide bonds. The van der Waals surface area contributed by atoms with Crippen LogP contribution >= 0.6 is 24.8 Å². The zero-order chi connectivity index (χ0) is 9.78. The maximum atomic E-state index is 10.3. The molecule has 0 spiro atoms. The number of carboxylic acids is 1. The average molecular weight is 247 g/mol. The molecule has 0 aromatic heterocycles. The van der Waals surface area contributed by atoms with E-state index in [0.29, 0.717) is 6.42 Å². The molecule has 0 aromatic rings. The van der Waals surface area contributed by atoms with E-state index in [0.717, 1.165) is 12.8 Å². The lowest BCUT2D eigenvalue weighted by Crippen LogP contribution is -2.34. The summed E-state index contributed by atoms with van der Waals surface area (Å²) in [5, 5.41) is 8.46. The van der Waals surface area contributed by atoms with Gasteiger partial charge in [0.1, 0.15) is 6.04 Å². The summed E-state index contributed by atoms with van der Waals surface area (Å²) in [4.78, 5) is 10.3. The van der Waals surface area contributed by atoms with Gasteiger partial charge in [0.05, 0.1) is 0 Å². The molecule has 0 aliphatic rings. The minimum absolute atomic E-state index is 0. The van der Waals surface area contributed by atoms with Crippen LogP contribution in [0.1, 0.15) is 33.1 Å². The lowest BCUT2D eigenvalue weighted by molar-refractivity contribution is -0.138. The monoisotopic (exact) mass is 246 g/mol. The van der Waals surface area contributed by atoms with Gasteiger partial charge in [0.2, 0.25) is 0 Å². The Kier molecular flexibility index (Phi) is 11.6. The molecule has 0 aliphatic carbocycles. The summed E-state index contributed by atoms with van der Waals surface area (Å²) in [6.07, 6.45) is 2.06. The Labute approximate surface area is 97.2 Å². The van der Waals surface area contributed by atoms with Gasteiger partial charge in [0.15, 0.2) is 0 Å². The molecule has 0 fully saturated rings.